The lowest BCUT2D eigenvalue weighted by atomic mass is 9.76. The van der Waals surface area contributed by atoms with E-state index >= 15 is 42.3 Å². The monoisotopic (exact) mass is 1510 g/mol. The minimum absolute atomic E-state index is 0.0267. The van der Waals surface area contributed by atoms with Gasteiger partial charge in [0, 0.05) is 89.1 Å². The van der Waals surface area contributed by atoms with Crippen molar-refractivity contribution in [1.29, 1.82) is 0 Å². The normalized spacial score (nSPS) is 31.7. The van der Waals surface area contributed by atoms with Crippen molar-refractivity contribution in [3.05, 3.63) is 0 Å². The first-order valence-electron chi connectivity index (χ1n) is 38.9. The third-order valence-electron chi connectivity index (χ3n) is 23.8. The lowest BCUT2D eigenvalue weighted by molar-refractivity contribution is -0.219. The number of hydrogen-bond donors (Lipinski definition) is 3. The molecular formula is C75H121F5N12O14. The van der Waals surface area contributed by atoms with Gasteiger partial charge in [-0.1, -0.05) is 72.1 Å². The number of fused-ring (bicyclic) bond motifs is 9. The Morgan fingerprint density at radius 1 is 0.632 bits per heavy atom. The van der Waals surface area contributed by atoms with E-state index in [1.54, 1.807) is 20.8 Å². The van der Waals surface area contributed by atoms with E-state index in [4.69, 9.17) is 9.47 Å². The molecule has 0 aromatic heterocycles. The van der Waals surface area contributed by atoms with Gasteiger partial charge < -0.3 is 69.5 Å². The minimum atomic E-state index is -5.18. The van der Waals surface area contributed by atoms with Gasteiger partial charge in [-0.3, -0.25) is 57.5 Å². The van der Waals surface area contributed by atoms with Crippen molar-refractivity contribution in [2.75, 3.05) is 102 Å². The van der Waals surface area contributed by atoms with Crippen LogP contribution in [-0.2, 0) is 67.0 Å². The van der Waals surface area contributed by atoms with E-state index in [1.165, 1.54) is 85.8 Å². The molecule has 26 nitrogen and oxygen atoms in total. The molecule has 4 saturated heterocycles. The van der Waals surface area contributed by atoms with E-state index in [0.717, 1.165) is 14.7 Å². The molecule has 0 aromatic rings. The fourth-order valence-corrected chi connectivity index (χ4v) is 17.2. The molecule has 4 heterocycles. The summed E-state index contributed by atoms with van der Waals surface area (Å²) in [5, 5.41) is 8.68. The molecule has 1 spiro atoms. The molecule has 0 radical (unpaired) electrons. The molecule has 106 heavy (non-hydrogen) atoms. The summed E-state index contributed by atoms with van der Waals surface area (Å²) in [4.78, 5) is 192. The number of carbonyl (C=O) groups excluding carboxylic acids is 12. The van der Waals surface area contributed by atoms with Crippen molar-refractivity contribution in [1.82, 2.24) is 60.0 Å². The summed E-state index contributed by atoms with van der Waals surface area (Å²) in [5.41, 5.74) is -1.67. The van der Waals surface area contributed by atoms with E-state index in [1.807, 2.05) is 6.92 Å². The average Bonchev–Trinajstić information content (AvgIpc) is 1.52. The van der Waals surface area contributed by atoms with Crippen LogP contribution in [-0.4, -0.2) is 296 Å². The first-order chi connectivity index (χ1) is 50.1. The van der Waals surface area contributed by atoms with Crippen LogP contribution in [0.25, 0.3) is 0 Å². The molecule has 4 aliphatic carbocycles. The highest BCUT2D eigenvalue weighted by Gasteiger charge is 2.55. The van der Waals surface area contributed by atoms with Crippen LogP contribution in [0.15, 0.2) is 0 Å². The number of halogens is 5. The smallest absolute Gasteiger partial charge is 0.378 e. The van der Waals surface area contributed by atoms with Crippen molar-refractivity contribution in [2.24, 2.45) is 29.6 Å². The highest BCUT2D eigenvalue weighted by Crippen LogP contribution is 2.45. The van der Waals surface area contributed by atoms with Crippen LogP contribution in [0.4, 0.5) is 22.0 Å². The lowest BCUT2D eigenvalue weighted by Crippen LogP contribution is -2.65. The van der Waals surface area contributed by atoms with E-state index in [2.05, 4.69) is 16.0 Å². The fraction of sp³-hybridized carbons (Fsp3) is 0.840. The maximum Gasteiger partial charge on any atom is 0.397 e. The molecule has 2 unspecified atom stereocenters. The van der Waals surface area contributed by atoms with Crippen LogP contribution in [0.2, 0.25) is 0 Å². The van der Waals surface area contributed by atoms with Gasteiger partial charge in [0.05, 0.1) is 38.3 Å². The molecule has 3 N–H and O–H groups in total. The topological polar surface area (TPSA) is 289 Å². The molecule has 4 bridgehead atoms. The molecule has 600 valence electrons. The Kier molecular flexibility index (Phi) is 31.8. The summed E-state index contributed by atoms with van der Waals surface area (Å²) in [7, 11) is 11.3. The Hall–Kier alpha value is -6.79. The quantitative estimate of drug-likeness (QED) is 0.214. The molecule has 0 aromatic carbocycles. The second-order valence-corrected chi connectivity index (χ2v) is 31.6. The number of nitrogens with one attached hydrogen (secondary N) is 3. The van der Waals surface area contributed by atoms with E-state index in [9.17, 15) is 37.1 Å². The maximum absolute atomic E-state index is 15.7. The zero-order chi connectivity index (χ0) is 78.2. The second-order valence-electron chi connectivity index (χ2n) is 31.6. The predicted molar refractivity (Wildman–Crippen MR) is 383 cm³/mol. The third kappa shape index (κ3) is 21.8. The fourth-order valence-electron chi connectivity index (χ4n) is 17.2. The van der Waals surface area contributed by atoms with Crippen LogP contribution >= 0.6 is 0 Å². The summed E-state index contributed by atoms with van der Waals surface area (Å²) < 4.78 is 85.4. The third-order valence-corrected chi connectivity index (χ3v) is 23.8. The number of hydrogen-bond acceptors (Lipinski definition) is 14. The number of nitrogens with zero attached hydrogens (tertiary/aromatic N) is 9. The molecule has 11 atom stereocenters. The maximum atomic E-state index is 15.7. The predicted octanol–water partition coefficient (Wildman–Crippen LogP) is 5.56. The number of amides is 12. The van der Waals surface area contributed by atoms with Crippen molar-refractivity contribution < 1.29 is 89.0 Å². The van der Waals surface area contributed by atoms with Gasteiger partial charge in [-0.05, 0) is 133 Å². The standard InChI is InChI=1S/C75H121F5N12O14/c1-13-35-91-58-39-47-27-30-50(31-28-47)106-36-23-17-16-18-26-55(66(97)82-64(46(4)14-2)71(102)87(9)44-61(95)85(7)45-62(91)96)88(10)60(94)41-57(69(100)84(5)6)89(11)72(103)65(49-24-19-20-25-49)90(12)73(104)74(33-21-22-34-74)83-67(98)56-40-51(105-15-3)42-92(56)68(99)54(81-59(93)43-86(8)70(58)101)32-29-48-37-52(76)63(53(77)38-48)75(78,79)80/h46-58,63-65H,13-45H2,1-12H3,(H,81,93)(H,82,97)(H,83,98)/t46-,47?,48?,50?,51+,52?,53?,54-,55-,56-,57-,58-,63?,64-,65-/m0/s1. The van der Waals surface area contributed by atoms with Gasteiger partial charge in [-0.2, -0.15) is 13.2 Å². The Labute approximate surface area is 622 Å². The van der Waals surface area contributed by atoms with E-state index in [-0.39, 0.29) is 70.2 Å². The molecular weight excluding hydrogens is 1390 g/mol. The van der Waals surface area contributed by atoms with Crippen LogP contribution in [0.1, 0.15) is 195 Å². The van der Waals surface area contributed by atoms with E-state index < -0.39 is 212 Å². The lowest BCUT2D eigenvalue weighted by Gasteiger charge is -2.42. The SMILES string of the molecule is CCCN1C(=O)CN(C)C(=O)CN(C)C(=O)[C@H]([C@@H](C)CC)NC(=O)[C@@H]2CCCCCCOC3CCC(CC3)C[C@H]1C(=O)N(C)CC(=O)N[C@@H](CCC1CC(F)C(C(F)(F)F)C(F)C1)C(=O)N1C[C@H](OCC)C[C@H]1C(=O)NC1(CCCC1)C(=O)N(C)[C@@H](C1CCCC1)C(=O)N(C)[C@H](C(=O)N(C)C)CC(=O)N2C. The highest BCUT2D eigenvalue weighted by atomic mass is 19.4. The summed E-state index contributed by atoms with van der Waals surface area (Å²) in [5.74, 6) is -13.5. The Morgan fingerprint density at radius 2 is 1.25 bits per heavy atom. The van der Waals surface area contributed by atoms with Gasteiger partial charge in [0.1, 0.15) is 66.1 Å². The van der Waals surface area contributed by atoms with Crippen LogP contribution in [0.5, 0.6) is 0 Å². The highest BCUT2D eigenvalue weighted by molar-refractivity contribution is 6.00. The first-order valence-corrected chi connectivity index (χ1v) is 38.9. The molecule has 4 saturated carbocycles. The number of ether oxygens (including phenoxy) is 2. The molecule has 8 fully saturated rings. The van der Waals surface area contributed by atoms with Gasteiger partial charge in [0.15, 0.2) is 0 Å². The zero-order valence-electron chi connectivity index (χ0n) is 64.7. The van der Waals surface area contributed by atoms with Gasteiger partial charge in [-0.15, -0.1) is 0 Å². The van der Waals surface area contributed by atoms with Crippen molar-refractivity contribution in [2.45, 2.75) is 273 Å². The van der Waals surface area contributed by atoms with Crippen molar-refractivity contribution in [3.63, 3.8) is 0 Å². The molecule has 4 aliphatic heterocycles. The average molecular weight is 1510 g/mol. The van der Waals surface area contributed by atoms with Crippen LogP contribution in [0, 0.1) is 29.6 Å². The number of carbonyl (C=O) groups is 12. The van der Waals surface area contributed by atoms with Crippen molar-refractivity contribution in [3.8, 4) is 0 Å². The number of alkyl halides is 5. The van der Waals surface area contributed by atoms with Crippen LogP contribution in [0.3, 0.4) is 0 Å². The summed E-state index contributed by atoms with van der Waals surface area (Å²) in [6, 6.07) is -9.41. The second kappa shape index (κ2) is 39.0. The minimum Gasteiger partial charge on any atom is -0.378 e. The Bertz CT molecular complexity index is 3050. The number of rotatable bonds is 11. The molecule has 31 heteroatoms. The van der Waals surface area contributed by atoms with Gasteiger partial charge >= 0.3 is 6.18 Å². The Balaban J connectivity index is 1.35. The van der Waals surface area contributed by atoms with Gasteiger partial charge in [-0.25, -0.2) is 8.78 Å². The summed E-state index contributed by atoms with van der Waals surface area (Å²) in [6.07, 6.45) is -4.81. The van der Waals surface area contributed by atoms with E-state index in [0.29, 0.717) is 109 Å². The van der Waals surface area contributed by atoms with Crippen molar-refractivity contribution >= 4 is 70.9 Å². The largest absolute Gasteiger partial charge is 0.397 e. The van der Waals surface area contributed by atoms with Gasteiger partial charge in [0.2, 0.25) is 70.9 Å². The molecule has 8 rings (SSSR count). The summed E-state index contributed by atoms with van der Waals surface area (Å²) >= 11 is 0. The Morgan fingerprint density at radius 3 is 1.85 bits per heavy atom. The van der Waals surface area contributed by atoms with Gasteiger partial charge in [0.25, 0.3) is 0 Å². The first kappa shape index (κ1) is 86.4. The summed E-state index contributed by atoms with van der Waals surface area (Å²) in [6.45, 7) is 5.58. The zero-order valence-corrected chi connectivity index (χ0v) is 64.7. The molecule has 8 aliphatic rings. The number of likely N-dealkylation sites (N-methyl/N-ethyl adjacent to an activating group) is 7. The molecule has 12 amide bonds. The van der Waals surface area contributed by atoms with Crippen LogP contribution < -0.4 is 16.0 Å².